The monoisotopic (exact) mass is 278 g/mol. The quantitative estimate of drug-likeness (QED) is 0.542. The minimum Gasteiger partial charge on any atom is -0.336 e. The maximum Gasteiger partial charge on any atom is 0.280 e. The predicted octanol–water partition coefficient (Wildman–Crippen LogP) is 3.17. The zero-order chi connectivity index (χ0) is 12.7. The number of imidazole rings is 1. The van der Waals surface area contributed by atoms with E-state index < -0.39 is 9.05 Å². The van der Waals surface area contributed by atoms with Crippen LogP contribution in [0.4, 0.5) is 0 Å². The van der Waals surface area contributed by atoms with Crippen molar-refractivity contribution in [1.29, 1.82) is 0 Å². The second-order valence-corrected chi connectivity index (χ2v) is 6.67. The van der Waals surface area contributed by atoms with E-state index in [4.69, 9.17) is 10.7 Å². The second kappa shape index (κ2) is 7.01. The first-order chi connectivity index (χ1) is 8.04. The summed E-state index contributed by atoms with van der Waals surface area (Å²) in [5, 5.41) is -0.0647. The maximum atomic E-state index is 11.0. The summed E-state index contributed by atoms with van der Waals surface area (Å²) >= 11 is 0. The highest BCUT2D eigenvalue weighted by Crippen LogP contribution is 2.12. The number of unbranched alkanes of at least 4 members (excludes halogenated alkanes) is 5. The van der Waals surface area contributed by atoms with Gasteiger partial charge in [0.25, 0.3) is 9.05 Å². The molecule has 0 aliphatic carbocycles. The molecule has 0 unspecified atom stereocenters. The lowest BCUT2D eigenvalue weighted by Crippen LogP contribution is -1.95. The molecule has 0 radical (unpaired) electrons. The van der Waals surface area contributed by atoms with Crippen molar-refractivity contribution in [3.05, 3.63) is 12.5 Å². The van der Waals surface area contributed by atoms with E-state index in [0.29, 0.717) is 0 Å². The Morgan fingerprint density at radius 3 is 2.47 bits per heavy atom. The summed E-state index contributed by atoms with van der Waals surface area (Å²) in [6.07, 6.45) is 10.3. The molecular weight excluding hydrogens is 260 g/mol. The molecule has 0 aromatic carbocycles. The molecule has 6 heteroatoms. The molecule has 4 nitrogen and oxygen atoms in total. The van der Waals surface area contributed by atoms with Gasteiger partial charge in [0.05, 0.1) is 6.33 Å². The third kappa shape index (κ3) is 5.55. The molecule has 1 rings (SSSR count). The molecule has 17 heavy (non-hydrogen) atoms. The Morgan fingerprint density at radius 2 is 1.88 bits per heavy atom. The van der Waals surface area contributed by atoms with Gasteiger partial charge < -0.3 is 4.57 Å². The molecule has 98 valence electrons. The topological polar surface area (TPSA) is 52.0 Å². The SMILES string of the molecule is CCCCCCCCn1cnc(S(=O)(=O)Cl)c1. The summed E-state index contributed by atoms with van der Waals surface area (Å²) in [7, 11) is 1.50. The van der Waals surface area contributed by atoms with Gasteiger partial charge in [-0.2, -0.15) is 0 Å². The van der Waals surface area contributed by atoms with Crippen LogP contribution in [0.3, 0.4) is 0 Å². The van der Waals surface area contributed by atoms with E-state index >= 15 is 0 Å². The number of hydrogen-bond acceptors (Lipinski definition) is 3. The minimum atomic E-state index is -3.68. The van der Waals surface area contributed by atoms with Gasteiger partial charge in [-0.15, -0.1) is 0 Å². The van der Waals surface area contributed by atoms with Crippen LogP contribution in [0.5, 0.6) is 0 Å². The summed E-state index contributed by atoms with van der Waals surface area (Å²) in [4.78, 5) is 3.76. The number of nitrogens with zero attached hydrogens (tertiary/aromatic N) is 2. The van der Waals surface area contributed by atoms with Crippen molar-refractivity contribution in [3.63, 3.8) is 0 Å². The van der Waals surface area contributed by atoms with E-state index in [1.54, 1.807) is 4.57 Å². The van der Waals surface area contributed by atoms with Crippen LogP contribution in [-0.2, 0) is 15.6 Å². The molecule has 0 fully saturated rings. The molecule has 1 heterocycles. The zero-order valence-corrected chi connectivity index (χ0v) is 11.7. The Balaban J connectivity index is 2.26. The lowest BCUT2D eigenvalue weighted by atomic mass is 10.1. The van der Waals surface area contributed by atoms with Gasteiger partial charge in [0.15, 0.2) is 5.03 Å². The largest absolute Gasteiger partial charge is 0.336 e. The van der Waals surface area contributed by atoms with Gasteiger partial charge in [-0.3, -0.25) is 0 Å². The van der Waals surface area contributed by atoms with E-state index in [9.17, 15) is 8.42 Å². The van der Waals surface area contributed by atoms with Gasteiger partial charge >= 0.3 is 0 Å². The minimum absolute atomic E-state index is 0.0647. The molecule has 1 aromatic heterocycles. The number of rotatable bonds is 8. The van der Waals surface area contributed by atoms with Crippen molar-refractivity contribution in [2.75, 3.05) is 0 Å². The Labute approximate surface area is 107 Å². The van der Waals surface area contributed by atoms with Crippen molar-refractivity contribution in [1.82, 2.24) is 9.55 Å². The van der Waals surface area contributed by atoms with Crippen molar-refractivity contribution in [2.24, 2.45) is 0 Å². The highest BCUT2D eigenvalue weighted by Gasteiger charge is 2.12. The van der Waals surface area contributed by atoms with E-state index in [1.165, 1.54) is 44.6 Å². The fourth-order valence-corrected chi connectivity index (χ4v) is 2.34. The third-order valence-electron chi connectivity index (χ3n) is 2.63. The van der Waals surface area contributed by atoms with Gasteiger partial charge in [0.2, 0.25) is 0 Å². The molecule has 0 bridgehead atoms. The Morgan fingerprint density at radius 1 is 1.24 bits per heavy atom. The van der Waals surface area contributed by atoms with E-state index in [1.807, 2.05) is 0 Å². The van der Waals surface area contributed by atoms with Gasteiger partial charge in [-0.05, 0) is 6.42 Å². The Hall–Kier alpha value is -0.550. The van der Waals surface area contributed by atoms with Gasteiger partial charge in [0, 0.05) is 23.4 Å². The number of aromatic nitrogens is 2. The highest BCUT2D eigenvalue weighted by atomic mass is 35.7. The van der Waals surface area contributed by atoms with Crippen molar-refractivity contribution >= 4 is 19.7 Å². The molecule has 0 saturated heterocycles. The van der Waals surface area contributed by atoms with Crippen LogP contribution in [-0.4, -0.2) is 18.0 Å². The summed E-state index contributed by atoms with van der Waals surface area (Å²) < 4.78 is 23.7. The molecule has 0 spiro atoms. The Bertz CT molecular complexity index is 428. The average Bonchev–Trinajstić information content (AvgIpc) is 2.71. The van der Waals surface area contributed by atoms with Crippen molar-refractivity contribution in [2.45, 2.75) is 57.0 Å². The first-order valence-corrected chi connectivity index (χ1v) is 8.31. The van der Waals surface area contributed by atoms with Crippen LogP contribution < -0.4 is 0 Å². The molecular formula is C11H19ClN2O2S. The molecule has 1 aromatic rings. The average molecular weight is 279 g/mol. The van der Waals surface area contributed by atoms with E-state index in [-0.39, 0.29) is 5.03 Å². The summed E-state index contributed by atoms with van der Waals surface area (Å²) in [6.45, 7) is 2.99. The normalized spacial score (nSPS) is 11.9. The standard InChI is InChI=1S/C11H19ClN2O2S/c1-2-3-4-5-6-7-8-14-9-11(13-10-14)17(12,15)16/h9-10H,2-8H2,1H3. The van der Waals surface area contributed by atoms with Gasteiger partial charge in [-0.1, -0.05) is 39.0 Å². The highest BCUT2D eigenvalue weighted by molar-refractivity contribution is 8.13. The summed E-state index contributed by atoms with van der Waals surface area (Å²) in [5.74, 6) is 0. The lowest BCUT2D eigenvalue weighted by Gasteiger charge is -2.01. The first-order valence-electron chi connectivity index (χ1n) is 6.00. The number of halogens is 1. The molecule has 0 aliphatic heterocycles. The van der Waals surface area contributed by atoms with Crippen molar-refractivity contribution in [3.8, 4) is 0 Å². The lowest BCUT2D eigenvalue weighted by molar-refractivity contribution is 0.557. The fourth-order valence-electron chi connectivity index (χ4n) is 1.66. The van der Waals surface area contributed by atoms with E-state index in [2.05, 4.69) is 11.9 Å². The molecule has 0 atom stereocenters. The predicted molar refractivity (Wildman–Crippen MR) is 68.6 cm³/mol. The summed E-state index contributed by atoms with van der Waals surface area (Å²) in [6, 6.07) is 0. The van der Waals surface area contributed by atoms with Crippen molar-refractivity contribution < 1.29 is 8.42 Å². The van der Waals surface area contributed by atoms with Crippen LogP contribution in [0.1, 0.15) is 45.4 Å². The molecule has 0 saturated carbocycles. The number of hydrogen-bond donors (Lipinski definition) is 0. The third-order valence-corrected chi connectivity index (χ3v) is 3.81. The van der Waals surface area contributed by atoms with Gasteiger partial charge in [-0.25, -0.2) is 13.4 Å². The molecule has 0 aliphatic rings. The Kier molecular flexibility index (Phi) is 5.98. The van der Waals surface area contributed by atoms with Crippen LogP contribution in [0, 0.1) is 0 Å². The summed E-state index contributed by atoms with van der Waals surface area (Å²) in [5.41, 5.74) is 0. The van der Waals surface area contributed by atoms with Gasteiger partial charge in [0.1, 0.15) is 0 Å². The number of aryl methyl sites for hydroxylation is 1. The first kappa shape index (κ1) is 14.5. The molecule has 0 N–H and O–H groups in total. The molecule has 0 amide bonds. The second-order valence-electron chi connectivity index (χ2n) is 4.16. The maximum absolute atomic E-state index is 11.0. The van der Waals surface area contributed by atoms with Crippen LogP contribution in [0.2, 0.25) is 0 Å². The van der Waals surface area contributed by atoms with Crippen LogP contribution >= 0.6 is 10.7 Å². The van der Waals surface area contributed by atoms with Crippen LogP contribution in [0.25, 0.3) is 0 Å². The van der Waals surface area contributed by atoms with Crippen LogP contribution in [0.15, 0.2) is 17.6 Å². The zero-order valence-electron chi connectivity index (χ0n) is 10.1. The van der Waals surface area contributed by atoms with E-state index in [0.717, 1.165) is 13.0 Å². The fraction of sp³-hybridized carbons (Fsp3) is 0.727. The smallest absolute Gasteiger partial charge is 0.280 e.